The number of nitrogens with zero attached hydrogens (tertiary/aromatic N) is 2. The smallest absolute Gasteiger partial charge is 0.122 e. The maximum atomic E-state index is 10.5. The van der Waals surface area contributed by atoms with Crippen molar-refractivity contribution in [2.24, 2.45) is 7.05 Å². The highest BCUT2D eigenvalue weighted by Crippen LogP contribution is 2.26. The molecule has 1 saturated carbocycles. The molecule has 0 spiro atoms. The van der Waals surface area contributed by atoms with Crippen LogP contribution in [0.3, 0.4) is 0 Å². The van der Waals surface area contributed by atoms with Crippen LogP contribution in [-0.4, -0.2) is 26.8 Å². The largest absolute Gasteiger partial charge is 0.389 e. The van der Waals surface area contributed by atoms with Crippen molar-refractivity contribution in [2.75, 3.05) is 6.54 Å². The number of rotatable bonds is 4. The average molecular weight is 237 g/mol. The van der Waals surface area contributed by atoms with Crippen LogP contribution in [0.4, 0.5) is 0 Å². The Bertz CT molecular complexity index is 340. The summed E-state index contributed by atoms with van der Waals surface area (Å²) in [4.78, 5) is 4.26. The third-order valence-corrected chi connectivity index (χ3v) is 3.69. The predicted molar refractivity (Wildman–Crippen MR) is 67.6 cm³/mol. The van der Waals surface area contributed by atoms with E-state index in [0.717, 1.165) is 38.1 Å². The summed E-state index contributed by atoms with van der Waals surface area (Å²) < 4.78 is 2.00. The number of imidazole rings is 1. The molecule has 0 atom stereocenters. The van der Waals surface area contributed by atoms with Crippen LogP contribution < -0.4 is 5.32 Å². The van der Waals surface area contributed by atoms with Crippen LogP contribution in [0.15, 0.2) is 12.4 Å². The number of aromatic nitrogens is 2. The van der Waals surface area contributed by atoms with Crippen molar-refractivity contribution in [1.29, 1.82) is 0 Å². The normalized spacial score (nSPS) is 20.1. The van der Waals surface area contributed by atoms with Gasteiger partial charge in [0.25, 0.3) is 0 Å². The van der Waals surface area contributed by atoms with E-state index in [-0.39, 0.29) is 0 Å². The van der Waals surface area contributed by atoms with Gasteiger partial charge in [-0.1, -0.05) is 25.7 Å². The Balaban J connectivity index is 1.79. The summed E-state index contributed by atoms with van der Waals surface area (Å²) >= 11 is 0. The Hall–Kier alpha value is -0.870. The zero-order valence-electron chi connectivity index (χ0n) is 10.7. The molecule has 2 rings (SSSR count). The highest BCUT2D eigenvalue weighted by atomic mass is 16.3. The van der Waals surface area contributed by atoms with Crippen LogP contribution in [0, 0.1) is 0 Å². The maximum Gasteiger partial charge on any atom is 0.122 e. The lowest BCUT2D eigenvalue weighted by Crippen LogP contribution is -2.40. The second kappa shape index (κ2) is 5.65. The minimum absolute atomic E-state index is 0.498. The van der Waals surface area contributed by atoms with Crippen molar-refractivity contribution in [3.05, 3.63) is 18.2 Å². The SMILES string of the molecule is Cn1ccnc1CNCC1(O)CCCCCC1. The van der Waals surface area contributed by atoms with Crippen molar-refractivity contribution in [2.45, 2.75) is 50.7 Å². The van der Waals surface area contributed by atoms with Gasteiger partial charge in [-0.15, -0.1) is 0 Å². The van der Waals surface area contributed by atoms with Gasteiger partial charge >= 0.3 is 0 Å². The van der Waals surface area contributed by atoms with Gasteiger partial charge in [0, 0.05) is 26.0 Å². The van der Waals surface area contributed by atoms with Gasteiger partial charge in [-0.05, 0) is 12.8 Å². The first-order chi connectivity index (χ1) is 8.20. The lowest BCUT2D eigenvalue weighted by atomic mass is 9.94. The Labute approximate surface area is 103 Å². The van der Waals surface area contributed by atoms with Gasteiger partial charge < -0.3 is 15.0 Å². The van der Waals surface area contributed by atoms with E-state index < -0.39 is 5.60 Å². The summed E-state index contributed by atoms with van der Waals surface area (Å²) in [6.45, 7) is 1.41. The van der Waals surface area contributed by atoms with E-state index in [1.165, 1.54) is 12.8 Å². The molecule has 0 radical (unpaired) electrons. The molecule has 0 aliphatic heterocycles. The average Bonchev–Trinajstić information content (AvgIpc) is 2.58. The van der Waals surface area contributed by atoms with E-state index in [1.807, 2.05) is 17.8 Å². The molecule has 0 aromatic carbocycles. The highest BCUT2D eigenvalue weighted by molar-refractivity contribution is 4.91. The molecule has 1 aromatic rings. The van der Waals surface area contributed by atoms with Gasteiger partial charge in [0.15, 0.2) is 0 Å². The van der Waals surface area contributed by atoms with Crippen molar-refractivity contribution in [3.8, 4) is 0 Å². The van der Waals surface area contributed by atoms with Crippen molar-refractivity contribution >= 4 is 0 Å². The van der Waals surface area contributed by atoms with E-state index in [4.69, 9.17) is 0 Å². The third kappa shape index (κ3) is 3.54. The fourth-order valence-corrected chi connectivity index (χ4v) is 2.54. The summed E-state index contributed by atoms with van der Waals surface area (Å²) in [5.41, 5.74) is -0.498. The van der Waals surface area contributed by atoms with Crippen molar-refractivity contribution in [3.63, 3.8) is 0 Å². The van der Waals surface area contributed by atoms with Crippen LogP contribution >= 0.6 is 0 Å². The number of hydrogen-bond donors (Lipinski definition) is 2. The maximum absolute atomic E-state index is 10.5. The minimum Gasteiger partial charge on any atom is -0.389 e. The monoisotopic (exact) mass is 237 g/mol. The van der Waals surface area contributed by atoms with Crippen LogP contribution in [0.1, 0.15) is 44.3 Å². The number of nitrogens with one attached hydrogen (secondary N) is 1. The molecule has 1 aliphatic rings. The van der Waals surface area contributed by atoms with Gasteiger partial charge in [-0.25, -0.2) is 4.98 Å². The summed E-state index contributed by atoms with van der Waals surface area (Å²) in [5, 5.41) is 13.8. The third-order valence-electron chi connectivity index (χ3n) is 3.69. The number of hydrogen-bond acceptors (Lipinski definition) is 3. The first-order valence-corrected chi connectivity index (χ1v) is 6.59. The lowest BCUT2D eigenvalue weighted by Gasteiger charge is -2.26. The molecule has 1 aromatic heterocycles. The lowest BCUT2D eigenvalue weighted by molar-refractivity contribution is 0.0248. The molecule has 4 heteroatoms. The molecule has 2 N–H and O–H groups in total. The Morgan fingerprint density at radius 1 is 1.35 bits per heavy atom. The molecule has 0 saturated heterocycles. The zero-order chi connectivity index (χ0) is 12.1. The standard InChI is InChI=1S/C13H23N3O/c1-16-9-8-15-12(16)10-14-11-13(17)6-4-2-3-5-7-13/h8-9,14,17H,2-7,10-11H2,1H3. The molecule has 0 bridgehead atoms. The molecule has 0 unspecified atom stereocenters. The molecule has 96 valence electrons. The molecule has 0 amide bonds. The number of aliphatic hydroxyl groups is 1. The molecule has 1 aliphatic carbocycles. The van der Waals surface area contributed by atoms with Crippen LogP contribution in [0.25, 0.3) is 0 Å². The Morgan fingerprint density at radius 3 is 2.65 bits per heavy atom. The molecular weight excluding hydrogens is 214 g/mol. The van der Waals surface area contributed by atoms with Gasteiger partial charge in [0.2, 0.25) is 0 Å². The van der Waals surface area contributed by atoms with E-state index in [0.29, 0.717) is 6.54 Å². The van der Waals surface area contributed by atoms with Gasteiger partial charge in [0.1, 0.15) is 5.82 Å². The van der Waals surface area contributed by atoms with Gasteiger partial charge in [0.05, 0.1) is 12.1 Å². The minimum atomic E-state index is -0.498. The zero-order valence-corrected chi connectivity index (χ0v) is 10.7. The summed E-state index contributed by atoms with van der Waals surface area (Å²) in [6.07, 6.45) is 10.4. The van der Waals surface area contributed by atoms with Crippen molar-refractivity contribution in [1.82, 2.24) is 14.9 Å². The van der Waals surface area contributed by atoms with Crippen molar-refractivity contribution < 1.29 is 5.11 Å². The molecule has 4 nitrogen and oxygen atoms in total. The van der Waals surface area contributed by atoms with E-state index in [9.17, 15) is 5.11 Å². The second-order valence-electron chi connectivity index (χ2n) is 5.20. The number of aryl methyl sites for hydroxylation is 1. The summed E-state index contributed by atoms with van der Waals surface area (Å²) in [5.74, 6) is 1.02. The van der Waals surface area contributed by atoms with E-state index in [2.05, 4.69) is 10.3 Å². The fourth-order valence-electron chi connectivity index (χ4n) is 2.54. The quantitative estimate of drug-likeness (QED) is 0.782. The molecule has 1 heterocycles. The van der Waals surface area contributed by atoms with Crippen LogP contribution in [0.2, 0.25) is 0 Å². The fraction of sp³-hybridized carbons (Fsp3) is 0.769. The molecule has 1 fully saturated rings. The van der Waals surface area contributed by atoms with Gasteiger partial charge in [-0.2, -0.15) is 0 Å². The van der Waals surface area contributed by atoms with Gasteiger partial charge in [-0.3, -0.25) is 0 Å². The van der Waals surface area contributed by atoms with E-state index in [1.54, 1.807) is 6.20 Å². The summed E-state index contributed by atoms with van der Waals surface area (Å²) in [6, 6.07) is 0. The van der Waals surface area contributed by atoms with Crippen LogP contribution in [0.5, 0.6) is 0 Å². The molecule has 17 heavy (non-hydrogen) atoms. The topological polar surface area (TPSA) is 50.1 Å². The van der Waals surface area contributed by atoms with Crippen LogP contribution in [-0.2, 0) is 13.6 Å². The van der Waals surface area contributed by atoms with E-state index >= 15 is 0 Å². The Morgan fingerprint density at radius 2 is 2.06 bits per heavy atom. The first-order valence-electron chi connectivity index (χ1n) is 6.59. The first kappa shape index (κ1) is 12.6. The second-order valence-corrected chi connectivity index (χ2v) is 5.20. The molecular formula is C13H23N3O. The predicted octanol–water partition coefficient (Wildman–Crippen LogP) is 1.59. The Kier molecular flexibility index (Phi) is 4.18. The summed E-state index contributed by atoms with van der Waals surface area (Å²) in [7, 11) is 1.99. The highest BCUT2D eigenvalue weighted by Gasteiger charge is 2.27.